The third-order valence-electron chi connectivity index (χ3n) is 5.66. The summed E-state index contributed by atoms with van der Waals surface area (Å²) in [6, 6.07) is 20.0. The molecule has 0 saturated heterocycles. The summed E-state index contributed by atoms with van der Waals surface area (Å²) in [6.45, 7) is 0. The minimum Gasteiger partial charge on any atom is -0.478 e. The van der Waals surface area contributed by atoms with Gasteiger partial charge < -0.3 is 20.3 Å². The van der Waals surface area contributed by atoms with E-state index in [1.54, 1.807) is 42.5 Å². The lowest BCUT2D eigenvalue weighted by molar-refractivity contribution is 0.0697. The number of urea groups is 1. The fourth-order valence-corrected chi connectivity index (χ4v) is 4.33. The first-order valence-electron chi connectivity index (χ1n) is 10.7. The van der Waals surface area contributed by atoms with Gasteiger partial charge in [-0.2, -0.15) is 0 Å². The maximum absolute atomic E-state index is 13.5. The zero-order valence-electron chi connectivity index (χ0n) is 17.9. The Labute approximate surface area is 199 Å². The standard InChI is InChI=1S/C25H20N4O4S/c30-22-20-14-17(27-24(33)26-16-4-2-1-3-5-16)8-13-21(20)28(18-11-12-18)25(34)29(22)19-9-6-15(7-10-19)23(31)32/h1-10,13-14,18H,11-12H2,(H,31,32)(H2,26,27,33). The number of nitrogens with zero attached hydrogens (tertiary/aromatic N) is 2. The maximum atomic E-state index is 13.5. The molecule has 0 radical (unpaired) electrons. The quantitative estimate of drug-likeness (QED) is 0.346. The van der Waals surface area contributed by atoms with Crippen LogP contribution in [-0.4, -0.2) is 26.2 Å². The van der Waals surface area contributed by atoms with Gasteiger partial charge in [0, 0.05) is 17.4 Å². The molecule has 3 N–H and O–H groups in total. The smallest absolute Gasteiger partial charge is 0.335 e. The van der Waals surface area contributed by atoms with E-state index in [1.807, 2.05) is 22.8 Å². The molecule has 5 rings (SSSR count). The molecule has 1 aliphatic carbocycles. The van der Waals surface area contributed by atoms with E-state index in [-0.39, 0.29) is 17.2 Å². The highest BCUT2D eigenvalue weighted by Crippen LogP contribution is 2.37. The van der Waals surface area contributed by atoms with E-state index in [9.17, 15) is 19.5 Å². The highest BCUT2D eigenvalue weighted by Gasteiger charge is 2.27. The number of para-hydroxylation sites is 1. The Bertz CT molecular complexity index is 1540. The Balaban J connectivity index is 1.58. The number of aromatic carboxylic acids is 1. The van der Waals surface area contributed by atoms with Crippen LogP contribution >= 0.6 is 12.2 Å². The Morgan fingerprint density at radius 2 is 1.59 bits per heavy atom. The number of carbonyl (C=O) groups excluding carboxylic acids is 1. The van der Waals surface area contributed by atoms with Gasteiger partial charge in [0.2, 0.25) is 0 Å². The van der Waals surface area contributed by atoms with Crippen molar-refractivity contribution in [1.29, 1.82) is 0 Å². The number of fused-ring (bicyclic) bond motifs is 1. The summed E-state index contributed by atoms with van der Waals surface area (Å²) in [6.07, 6.45) is 1.91. The normalized spacial score (nSPS) is 12.9. The molecule has 0 spiro atoms. The molecular weight excluding hydrogens is 452 g/mol. The number of amides is 2. The monoisotopic (exact) mass is 472 g/mol. The van der Waals surface area contributed by atoms with E-state index in [4.69, 9.17) is 12.2 Å². The first kappa shape index (κ1) is 21.6. The van der Waals surface area contributed by atoms with Crippen molar-refractivity contribution in [2.24, 2.45) is 0 Å². The predicted molar refractivity (Wildman–Crippen MR) is 133 cm³/mol. The van der Waals surface area contributed by atoms with Crippen LogP contribution in [0.5, 0.6) is 0 Å². The largest absolute Gasteiger partial charge is 0.478 e. The topological polar surface area (TPSA) is 105 Å². The van der Waals surface area contributed by atoms with E-state index in [0.29, 0.717) is 32.7 Å². The Morgan fingerprint density at radius 1 is 0.912 bits per heavy atom. The number of aromatic nitrogens is 2. The van der Waals surface area contributed by atoms with Crippen molar-refractivity contribution < 1.29 is 14.7 Å². The molecule has 1 fully saturated rings. The van der Waals surface area contributed by atoms with Crippen molar-refractivity contribution in [2.45, 2.75) is 18.9 Å². The van der Waals surface area contributed by atoms with Crippen LogP contribution in [0.15, 0.2) is 77.6 Å². The summed E-state index contributed by atoms with van der Waals surface area (Å²) in [5.74, 6) is -1.05. The number of carbonyl (C=O) groups is 2. The molecule has 0 aliphatic heterocycles. The first-order chi connectivity index (χ1) is 16.4. The summed E-state index contributed by atoms with van der Waals surface area (Å²) >= 11 is 5.70. The lowest BCUT2D eigenvalue weighted by Crippen LogP contribution is -2.25. The molecule has 0 bridgehead atoms. The molecule has 9 heteroatoms. The van der Waals surface area contributed by atoms with Crippen LogP contribution in [0.1, 0.15) is 29.2 Å². The molecule has 0 atom stereocenters. The summed E-state index contributed by atoms with van der Waals surface area (Å²) in [4.78, 5) is 37.2. The third kappa shape index (κ3) is 4.08. The van der Waals surface area contributed by atoms with Crippen LogP contribution in [0.2, 0.25) is 0 Å². The number of rotatable bonds is 5. The second kappa shape index (κ2) is 8.60. The van der Waals surface area contributed by atoms with E-state index < -0.39 is 12.0 Å². The zero-order chi connectivity index (χ0) is 23.8. The van der Waals surface area contributed by atoms with Crippen LogP contribution in [0.4, 0.5) is 16.2 Å². The molecule has 2 amide bonds. The maximum Gasteiger partial charge on any atom is 0.335 e. The molecular formula is C25H20N4O4S. The number of benzene rings is 3. The van der Waals surface area contributed by atoms with Crippen LogP contribution in [-0.2, 0) is 0 Å². The summed E-state index contributed by atoms with van der Waals surface area (Å²) in [5, 5.41) is 15.1. The zero-order valence-corrected chi connectivity index (χ0v) is 18.7. The molecule has 1 aromatic heterocycles. The fourth-order valence-electron chi connectivity index (χ4n) is 3.89. The minimum atomic E-state index is -1.05. The number of nitrogens with one attached hydrogen (secondary N) is 2. The van der Waals surface area contributed by atoms with E-state index in [2.05, 4.69) is 10.6 Å². The Hall–Kier alpha value is -4.24. The second-order valence-corrected chi connectivity index (χ2v) is 8.42. The lowest BCUT2D eigenvalue weighted by Gasteiger charge is -2.17. The van der Waals surface area contributed by atoms with Crippen molar-refractivity contribution in [3.05, 3.63) is 93.5 Å². The summed E-state index contributed by atoms with van der Waals surface area (Å²) < 4.78 is 3.73. The van der Waals surface area contributed by atoms with Crippen LogP contribution in [0.3, 0.4) is 0 Å². The predicted octanol–water partition coefficient (Wildman–Crippen LogP) is 5.20. The number of hydrogen-bond donors (Lipinski definition) is 3. The number of anilines is 2. The van der Waals surface area contributed by atoms with Crippen molar-refractivity contribution in [1.82, 2.24) is 9.13 Å². The van der Waals surface area contributed by atoms with Gasteiger partial charge in [0.05, 0.1) is 22.2 Å². The van der Waals surface area contributed by atoms with Gasteiger partial charge in [-0.3, -0.25) is 9.36 Å². The molecule has 1 heterocycles. The molecule has 0 unspecified atom stereocenters. The molecule has 4 aromatic rings. The van der Waals surface area contributed by atoms with Gasteiger partial charge in [0.25, 0.3) is 5.56 Å². The van der Waals surface area contributed by atoms with Gasteiger partial charge in [0.15, 0.2) is 4.77 Å². The van der Waals surface area contributed by atoms with Gasteiger partial charge >= 0.3 is 12.0 Å². The molecule has 8 nitrogen and oxygen atoms in total. The molecule has 1 saturated carbocycles. The Morgan fingerprint density at radius 3 is 2.24 bits per heavy atom. The van der Waals surface area contributed by atoms with Crippen molar-refractivity contribution >= 4 is 46.5 Å². The lowest BCUT2D eigenvalue weighted by atomic mass is 10.2. The Kier molecular flexibility index (Phi) is 5.46. The van der Waals surface area contributed by atoms with Crippen LogP contribution in [0.25, 0.3) is 16.6 Å². The average Bonchev–Trinajstić information content (AvgIpc) is 3.66. The van der Waals surface area contributed by atoms with E-state index >= 15 is 0 Å². The first-order valence-corrected chi connectivity index (χ1v) is 11.1. The highest BCUT2D eigenvalue weighted by molar-refractivity contribution is 7.71. The molecule has 3 aromatic carbocycles. The van der Waals surface area contributed by atoms with E-state index in [1.165, 1.54) is 16.7 Å². The van der Waals surface area contributed by atoms with Gasteiger partial charge in [-0.1, -0.05) is 18.2 Å². The summed E-state index contributed by atoms with van der Waals surface area (Å²) in [5.41, 5.74) is 2.07. The highest BCUT2D eigenvalue weighted by atomic mass is 32.1. The second-order valence-electron chi connectivity index (χ2n) is 8.05. The summed E-state index contributed by atoms with van der Waals surface area (Å²) in [7, 11) is 0. The number of hydrogen-bond acceptors (Lipinski definition) is 4. The van der Waals surface area contributed by atoms with Gasteiger partial charge in [-0.15, -0.1) is 0 Å². The van der Waals surface area contributed by atoms with E-state index in [0.717, 1.165) is 12.8 Å². The molecule has 34 heavy (non-hydrogen) atoms. The van der Waals surface area contributed by atoms with Crippen molar-refractivity contribution in [3.63, 3.8) is 0 Å². The minimum absolute atomic E-state index is 0.120. The molecule has 170 valence electrons. The third-order valence-corrected chi connectivity index (χ3v) is 6.04. The van der Waals surface area contributed by atoms with Crippen molar-refractivity contribution in [2.75, 3.05) is 10.6 Å². The number of carboxylic acids is 1. The van der Waals surface area contributed by atoms with Gasteiger partial charge in [-0.25, -0.2) is 9.59 Å². The fraction of sp³-hybridized carbons (Fsp3) is 0.120. The number of carboxylic acid groups (broad SMARTS) is 1. The van der Waals surface area contributed by atoms with Crippen LogP contribution < -0.4 is 16.2 Å². The van der Waals surface area contributed by atoms with Gasteiger partial charge in [0.1, 0.15) is 0 Å². The average molecular weight is 473 g/mol. The van der Waals surface area contributed by atoms with Crippen molar-refractivity contribution in [3.8, 4) is 5.69 Å². The van der Waals surface area contributed by atoms with Crippen LogP contribution in [0, 0.1) is 4.77 Å². The SMILES string of the molecule is O=C(Nc1ccccc1)Nc1ccc2c(c1)c(=O)n(-c1ccc(C(=O)O)cc1)c(=S)n2C1CC1. The van der Waals surface area contributed by atoms with Gasteiger partial charge in [-0.05, 0) is 79.7 Å². The molecule has 1 aliphatic rings.